The van der Waals surface area contributed by atoms with Crippen LogP contribution >= 0.6 is 0 Å². The van der Waals surface area contributed by atoms with Gasteiger partial charge in [-0.05, 0) is 41.8 Å². The van der Waals surface area contributed by atoms with Crippen molar-refractivity contribution in [3.63, 3.8) is 0 Å². The SMILES string of the molecule is Cc1ccc(CNC(=O)c2cc(C(=O)NCc3ccc4oc(=O)[nH]c4c3)nc3c(F)cnn23)cc1F. The molecule has 0 spiro atoms. The molecule has 2 aromatic carbocycles. The van der Waals surface area contributed by atoms with Crippen LogP contribution in [0, 0.1) is 18.6 Å². The molecule has 3 N–H and O–H groups in total. The average molecular weight is 492 g/mol. The lowest BCUT2D eigenvalue weighted by atomic mass is 10.1. The lowest BCUT2D eigenvalue weighted by molar-refractivity contribution is 0.0942. The Labute approximate surface area is 201 Å². The number of oxazole rings is 1. The van der Waals surface area contributed by atoms with Crippen LogP contribution < -0.4 is 16.4 Å². The largest absolute Gasteiger partial charge is 0.417 e. The summed E-state index contributed by atoms with van der Waals surface area (Å²) in [7, 11) is 0. The number of carbonyl (C=O) groups excluding carboxylic acids is 2. The molecule has 12 heteroatoms. The first kappa shape index (κ1) is 22.9. The van der Waals surface area contributed by atoms with Crippen LogP contribution in [0.15, 0.2) is 57.9 Å². The van der Waals surface area contributed by atoms with Crippen LogP contribution in [-0.2, 0) is 13.1 Å². The summed E-state index contributed by atoms with van der Waals surface area (Å²) in [6, 6.07) is 10.7. The van der Waals surface area contributed by atoms with E-state index in [1.165, 1.54) is 12.1 Å². The van der Waals surface area contributed by atoms with Crippen molar-refractivity contribution in [3.8, 4) is 0 Å². The van der Waals surface area contributed by atoms with Crippen LogP contribution in [0.5, 0.6) is 0 Å². The molecule has 0 fully saturated rings. The van der Waals surface area contributed by atoms with Gasteiger partial charge >= 0.3 is 5.76 Å². The molecule has 36 heavy (non-hydrogen) atoms. The molecule has 5 rings (SSSR count). The van der Waals surface area contributed by atoms with Crippen LogP contribution in [0.4, 0.5) is 8.78 Å². The van der Waals surface area contributed by atoms with E-state index in [-0.39, 0.29) is 30.1 Å². The molecule has 0 aliphatic heterocycles. The van der Waals surface area contributed by atoms with Crippen LogP contribution in [-0.4, -0.2) is 31.4 Å². The smallest absolute Gasteiger partial charge is 0.408 e. The van der Waals surface area contributed by atoms with Crippen molar-refractivity contribution in [3.05, 3.63) is 98.9 Å². The second kappa shape index (κ2) is 9.06. The van der Waals surface area contributed by atoms with Gasteiger partial charge in [-0.2, -0.15) is 5.10 Å². The number of fused-ring (bicyclic) bond motifs is 2. The average Bonchev–Trinajstić information content (AvgIpc) is 3.43. The summed E-state index contributed by atoms with van der Waals surface area (Å²) < 4.78 is 34.0. The molecule has 3 heterocycles. The topological polar surface area (TPSA) is 134 Å². The minimum atomic E-state index is -0.811. The summed E-state index contributed by atoms with van der Waals surface area (Å²) in [4.78, 5) is 43.5. The highest BCUT2D eigenvalue weighted by Gasteiger charge is 2.20. The lowest BCUT2D eigenvalue weighted by Crippen LogP contribution is -2.28. The number of halogens is 2. The fourth-order valence-electron chi connectivity index (χ4n) is 3.62. The Bertz CT molecular complexity index is 1700. The van der Waals surface area contributed by atoms with E-state index in [0.29, 0.717) is 27.8 Å². The molecule has 0 bridgehead atoms. The minimum Gasteiger partial charge on any atom is -0.408 e. The second-order valence-corrected chi connectivity index (χ2v) is 8.05. The maximum atomic E-state index is 14.3. The van der Waals surface area contributed by atoms with Crippen LogP contribution in [0.2, 0.25) is 0 Å². The van der Waals surface area contributed by atoms with Crippen LogP contribution in [0.3, 0.4) is 0 Å². The number of benzene rings is 2. The Balaban J connectivity index is 1.36. The molecule has 0 aliphatic carbocycles. The molecule has 0 aliphatic rings. The lowest BCUT2D eigenvalue weighted by Gasteiger charge is -2.10. The number of nitrogens with one attached hydrogen (secondary N) is 3. The number of aryl methyl sites for hydroxylation is 1. The summed E-state index contributed by atoms with van der Waals surface area (Å²) in [6.45, 7) is 1.70. The highest BCUT2D eigenvalue weighted by Crippen LogP contribution is 2.15. The zero-order valence-electron chi connectivity index (χ0n) is 18.8. The fraction of sp³-hybridized carbons (Fsp3) is 0.125. The molecule has 182 valence electrons. The van der Waals surface area contributed by atoms with E-state index >= 15 is 0 Å². The van der Waals surface area contributed by atoms with E-state index in [1.54, 1.807) is 37.3 Å². The Morgan fingerprint density at radius 3 is 2.50 bits per heavy atom. The quantitative estimate of drug-likeness (QED) is 0.334. The number of H-pyrrole nitrogens is 1. The molecule has 5 aromatic rings. The first-order valence-electron chi connectivity index (χ1n) is 10.8. The molecule has 0 saturated heterocycles. The van der Waals surface area contributed by atoms with Crippen LogP contribution in [0.25, 0.3) is 16.7 Å². The summed E-state index contributed by atoms with van der Waals surface area (Å²) in [5.41, 5.74) is 1.88. The number of aromatic amines is 1. The fourth-order valence-corrected chi connectivity index (χ4v) is 3.62. The van der Waals surface area contributed by atoms with Crippen molar-refractivity contribution in [2.45, 2.75) is 20.0 Å². The zero-order valence-corrected chi connectivity index (χ0v) is 18.8. The summed E-state index contributed by atoms with van der Waals surface area (Å²) in [5.74, 6) is -3.12. The van der Waals surface area contributed by atoms with E-state index in [9.17, 15) is 23.2 Å². The van der Waals surface area contributed by atoms with Gasteiger partial charge in [-0.25, -0.2) is 23.1 Å². The van der Waals surface area contributed by atoms with Gasteiger partial charge in [-0.1, -0.05) is 18.2 Å². The third-order valence-corrected chi connectivity index (χ3v) is 5.52. The van der Waals surface area contributed by atoms with Gasteiger partial charge in [-0.15, -0.1) is 0 Å². The summed E-state index contributed by atoms with van der Waals surface area (Å²) in [5, 5.41) is 9.10. The van der Waals surface area contributed by atoms with Gasteiger partial charge in [0.15, 0.2) is 17.0 Å². The van der Waals surface area contributed by atoms with E-state index in [0.717, 1.165) is 10.7 Å². The molecule has 2 amide bonds. The molecule has 0 radical (unpaired) electrons. The normalized spacial score (nSPS) is 11.2. The predicted molar refractivity (Wildman–Crippen MR) is 123 cm³/mol. The van der Waals surface area contributed by atoms with Crippen molar-refractivity contribution in [2.75, 3.05) is 0 Å². The second-order valence-electron chi connectivity index (χ2n) is 8.05. The summed E-state index contributed by atoms with van der Waals surface area (Å²) in [6.07, 6.45) is 0.886. The Hall–Kier alpha value is -4.87. The van der Waals surface area contributed by atoms with E-state index in [2.05, 4.69) is 25.7 Å². The monoisotopic (exact) mass is 492 g/mol. The Morgan fingerprint density at radius 1 is 1.00 bits per heavy atom. The van der Waals surface area contributed by atoms with E-state index in [1.807, 2.05) is 0 Å². The highest BCUT2D eigenvalue weighted by atomic mass is 19.1. The highest BCUT2D eigenvalue weighted by molar-refractivity contribution is 5.98. The van der Waals surface area contributed by atoms with Gasteiger partial charge in [0.1, 0.15) is 17.2 Å². The molecular formula is C24H18F2N6O4. The maximum Gasteiger partial charge on any atom is 0.417 e. The maximum absolute atomic E-state index is 14.3. The van der Waals surface area contributed by atoms with Crippen molar-refractivity contribution in [1.82, 2.24) is 30.2 Å². The number of nitrogens with zero attached hydrogens (tertiary/aromatic N) is 3. The van der Waals surface area contributed by atoms with Crippen molar-refractivity contribution in [1.29, 1.82) is 0 Å². The number of hydrogen-bond acceptors (Lipinski definition) is 6. The van der Waals surface area contributed by atoms with Crippen molar-refractivity contribution in [2.24, 2.45) is 0 Å². The molecule has 0 saturated carbocycles. The minimum absolute atomic E-state index is 0.00368. The number of hydrogen-bond donors (Lipinski definition) is 3. The molecular weight excluding hydrogens is 474 g/mol. The zero-order chi connectivity index (χ0) is 25.4. The third-order valence-electron chi connectivity index (χ3n) is 5.52. The Kier molecular flexibility index (Phi) is 5.76. The van der Waals surface area contributed by atoms with Crippen molar-refractivity contribution < 1.29 is 22.8 Å². The number of aromatic nitrogens is 4. The van der Waals surface area contributed by atoms with Gasteiger partial charge in [0, 0.05) is 19.2 Å². The van der Waals surface area contributed by atoms with Gasteiger partial charge < -0.3 is 15.1 Å². The van der Waals surface area contributed by atoms with Gasteiger partial charge in [0.25, 0.3) is 11.8 Å². The molecule has 3 aromatic heterocycles. The molecule has 0 unspecified atom stereocenters. The number of carbonyl (C=O) groups is 2. The summed E-state index contributed by atoms with van der Waals surface area (Å²) >= 11 is 0. The standard InChI is InChI=1S/C24H18F2N6O4/c1-12-2-3-13(6-15(12)25)9-28-23(34)19-8-18(30-21-16(26)11-29-32(19)21)22(33)27-10-14-4-5-20-17(7-14)31-24(35)36-20/h2-8,11H,9-10H2,1H3,(H,27,33)(H,28,34)(H,31,35). The van der Waals surface area contributed by atoms with E-state index < -0.39 is 29.2 Å². The van der Waals surface area contributed by atoms with E-state index in [4.69, 9.17) is 4.42 Å². The molecule has 0 atom stereocenters. The first-order valence-corrected chi connectivity index (χ1v) is 10.8. The first-order chi connectivity index (χ1) is 17.3. The number of rotatable bonds is 6. The molecule has 10 nitrogen and oxygen atoms in total. The number of amides is 2. The van der Waals surface area contributed by atoms with Crippen molar-refractivity contribution >= 4 is 28.6 Å². The van der Waals surface area contributed by atoms with Gasteiger partial charge in [0.2, 0.25) is 0 Å². The van der Waals surface area contributed by atoms with Gasteiger partial charge in [-0.3, -0.25) is 14.6 Å². The predicted octanol–water partition coefficient (Wildman–Crippen LogP) is 2.61. The third kappa shape index (κ3) is 4.43. The van der Waals surface area contributed by atoms with Crippen LogP contribution in [0.1, 0.15) is 37.7 Å². The Morgan fingerprint density at radius 2 is 1.72 bits per heavy atom. The van der Waals surface area contributed by atoms with Gasteiger partial charge in [0.05, 0.1) is 11.7 Å².